The second-order valence-corrected chi connectivity index (χ2v) is 5.68. The molecule has 1 fully saturated rings. The van der Waals surface area contributed by atoms with Crippen molar-refractivity contribution in [2.75, 3.05) is 6.16 Å². The molecule has 0 radical (unpaired) electrons. The maximum atomic E-state index is 10.4. The van der Waals surface area contributed by atoms with Gasteiger partial charge in [-0.25, -0.2) is 0 Å². The van der Waals surface area contributed by atoms with Crippen LogP contribution in [0, 0.1) is 0 Å². The molecule has 0 spiro atoms. The molecule has 1 aliphatic heterocycles. The lowest BCUT2D eigenvalue weighted by Crippen LogP contribution is -2.14. The smallest absolute Gasteiger partial charge is 0.324 e. The molecule has 0 aromatic heterocycles. The van der Waals surface area contributed by atoms with Crippen LogP contribution in [0.25, 0.3) is 0 Å². The lowest BCUT2D eigenvalue weighted by atomic mass is 10.5. The van der Waals surface area contributed by atoms with Gasteiger partial charge < -0.3 is 14.5 Å². The molecule has 2 N–H and O–H groups in total. The molecule has 0 saturated carbocycles. The van der Waals surface area contributed by atoms with E-state index in [9.17, 15) is 4.57 Å². The van der Waals surface area contributed by atoms with Crippen LogP contribution in [0.2, 0.25) is 0 Å². The topological polar surface area (TPSA) is 70.1 Å². The zero-order valence-corrected chi connectivity index (χ0v) is 8.16. The summed E-state index contributed by atoms with van der Waals surface area (Å²) in [6.07, 6.45) is -0.686. The molecule has 0 aliphatic carbocycles. The fraction of sp³-hybridized carbons (Fsp3) is 1.00. The second-order valence-electron chi connectivity index (χ2n) is 2.17. The van der Waals surface area contributed by atoms with E-state index in [0.29, 0.717) is 0 Å². The molecule has 1 aliphatic rings. The van der Waals surface area contributed by atoms with Crippen LogP contribution in [0.1, 0.15) is 0 Å². The van der Waals surface area contributed by atoms with Crippen LogP contribution >= 0.6 is 42.4 Å². The van der Waals surface area contributed by atoms with Crippen LogP contribution in [-0.2, 0) is 9.30 Å². The van der Waals surface area contributed by atoms with Crippen molar-refractivity contribution >= 4 is 42.4 Å². The lowest BCUT2D eigenvalue weighted by molar-refractivity contribution is 0.341. The summed E-state index contributed by atoms with van der Waals surface area (Å²) in [6.45, 7) is 0. The van der Waals surface area contributed by atoms with Gasteiger partial charge in [-0.15, -0.1) is 0 Å². The first-order valence-corrected chi connectivity index (χ1v) is 5.41. The van der Waals surface area contributed by atoms with Gasteiger partial charge in [0.25, 0.3) is 4.52 Å². The van der Waals surface area contributed by atoms with Crippen LogP contribution in [0.3, 0.4) is 0 Å². The Labute approximate surface area is 77.5 Å². The molecule has 11 heavy (non-hydrogen) atoms. The Morgan fingerprint density at radius 1 is 1.36 bits per heavy atom. The predicted octanol–water partition coefficient (Wildman–Crippen LogP) is 1.26. The third-order valence-electron chi connectivity index (χ3n) is 1.09. The van der Waals surface area contributed by atoms with Crippen LogP contribution in [0.5, 0.6) is 0 Å². The molecular formula is C3H4Cl3O4P. The highest BCUT2D eigenvalue weighted by molar-refractivity contribution is 7.52. The maximum absolute atomic E-state index is 10.4. The van der Waals surface area contributed by atoms with Gasteiger partial charge in [0.2, 0.25) is 5.06 Å². The highest BCUT2D eigenvalue weighted by Gasteiger charge is 2.70. The highest BCUT2D eigenvalue weighted by Crippen LogP contribution is 2.62. The Kier molecular flexibility index (Phi) is 2.27. The standard InChI is InChI=1S/C3H4Cl3O4P/c4-2(1-11(7,8)9)3(5,6)10-2/h1H2,(H2,7,8,9). The van der Waals surface area contributed by atoms with E-state index < -0.39 is 23.3 Å². The molecule has 1 heterocycles. The van der Waals surface area contributed by atoms with Gasteiger partial charge in [-0.3, -0.25) is 4.57 Å². The van der Waals surface area contributed by atoms with Crippen molar-refractivity contribution in [3.8, 4) is 0 Å². The van der Waals surface area contributed by atoms with E-state index >= 15 is 0 Å². The minimum absolute atomic E-state index is 0.686. The average molecular weight is 241 g/mol. The number of halogens is 3. The molecule has 1 rings (SSSR count). The zero-order chi connectivity index (χ0) is 8.91. The van der Waals surface area contributed by atoms with E-state index in [-0.39, 0.29) is 0 Å². The summed E-state index contributed by atoms with van der Waals surface area (Å²) >= 11 is 16.1. The van der Waals surface area contributed by atoms with Gasteiger partial charge >= 0.3 is 7.60 Å². The summed E-state index contributed by atoms with van der Waals surface area (Å²) in [7, 11) is -4.23. The number of hydrogen-bond acceptors (Lipinski definition) is 2. The van der Waals surface area contributed by atoms with Crippen molar-refractivity contribution in [1.82, 2.24) is 0 Å². The first-order valence-electron chi connectivity index (χ1n) is 2.48. The van der Waals surface area contributed by atoms with Crippen LogP contribution < -0.4 is 0 Å². The van der Waals surface area contributed by atoms with Crippen LogP contribution in [0.15, 0.2) is 0 Å². The first-order chi connectivity index (χ1) is 4.66. The van der Waals surface area contributed by atoms with E-state index in [0.717, 1.165) is 0 Å². The van der Waals surface area contributed by atoms with E-state index in [1.54, 1.807) is 0 Å². The van der Waals surface area contributed by atoms with Crippen molar-refractivity contribution < 1.29 is 19.1 Å². The van der Waals surface area contributed by atoms with E-state index in [1.807, 2.05) is 0 Å². The minimum Gasteiger partial charge on any atom is -0.324 e. The van der Waals surface area contributed by atoms with Gasteiger partial charge in [-0.05, 0) is 0 Å². The monoisotopic (exact) mass is 240 g/mol. The lowest BCUT2D eigenvalue weighted by Gasteiger charge is -2.05. The average Bonchev–Trinajstić information content (AvgIpc) is 1.96. The zero-order valence-electron chi connectivity index (χ0n) is 5.00. The summed E-state index contributed by atoms with van der Waals surface area (Å²) < 4.78 is 13.2. The minimum atomic E-state index is -4.23. The van der Waals surface area contributed by atoms with Crippen molar-refractivity contribution in [3.63, 3.8) is 0 Å². The van der Waals surface area contributed by atoms with Gasteiger partial charge in [0, 0.05) is 0 Å². The van der Waals surface area contributed by atoms with E-state index in [2.05, 4.69) is 4.74 Å². The van der Waals surface area contributed by atoms with Gasteiger partial charge in [0.15, 0.2) is 0 Å². The maximum Gasteiger partial charge on any atom is 0.329 e. The fourth-order valence-electron chi connectivity index (χ4n) is 0.567. The summed E-state index contributed by atoms with van der Waals surface area (Å²) in [5, 5.41) is -1.63. The molecule has 4 nitrogen and oxygen atoms in total. The number of ether oxygens (including phenoxy) is 1. The summed E-state index contributed by atoms with van der Waals surface area (Å²) in [6, 6.07) is 0. The molecule has 1 saturated heterocycles. The van der Waals surface area contributed by atoms with Crippen molar-refractivity contribution in [3.05, 3.63) is 0 Å². The molecule has 1 unspecified atom stereocenters. The van der Waals surface area contributed by atoms with Gasteiger partial charge in [-0.1, -0.05) is 34.8 Å². The third kappa shape index (κ3) is 2.22. The first kappa shape index (κ1) is 10.1. The number of hydrogen-bond donors (Lipinski definition) is 2. The molecule has 0 aromatic carbocycles. The molecule has 0 aromatic rings. The predicted molar refractivity (Wildman–Crippen MR) is 41.0 cm³/mol. The second kappa shape index (κ2) is 2.48. The SMILES string of the molecule is O=P(O)(O)CC1(Cl)OC1(Cl)Cl. The van der Waals surface area contributed by atoms with Gasteiger partial charge in [0.05, 0.1) is 6.16 Å². The normalized spacial score (nSPS) is 35.4. The molecule has 1 atom stereocenters. The van der Waals surface area contributed by atoms with Gasteiger partial charge in [0.1, 0.15) is 0 Å². The number of epoxide rings is 1. The number of rotatable bonds is 2. The summed E-state index contributed by atoms with van der Waals surface area (Å²) in [4.78, 5) is 16.9. The molecule has 66 valence electrons. The van der Waals surface area contributed by atoms with Crippen LogP contribution in [-0.4, -0.2) is 25.5 Å². The summed E-state index contributed by atoms with van der Waals surface area (Å²) in [5.41, 5.74) is 0. The quantitative estimate of drug-likeness (QED) is 0.434. The largest absolute Gasteiger partial charge is 0.329 e. The fourth-order valence-corrected chi connectivity index (χ4v) is 2.63. The van der Waals surface area contributed by atoms with Crippen molar-refractivity contribution in [2.24, 2.45) is 0 Å². The molecule has 0 bridgehead atoms. The Balaban J connectivity index is 2.61. The van der Waals surface area contributed by atoms with E-state index in [4.69, 9.17) is 44.6 Å². The highest BCUT2D eigenvalue weighted by atomic mass is 35.5. The molecule has 8 heteroatoms. The van der Waals surface area contributed by atoms with Gasteiger partial charge in [-0.2, -0.15) is 0 Å². The number of alkyl halides is 3. The molecular weight excluding hydrogens is 237 g/mol. The Morgan fingerprint density at radius 2 is 1.73 bits per heavy atom. The Morgan fingerprint density at radius 3 is 1.82 bits per heavy atom. The third-order valence-corrected chi connectivity index (χ3v) is 3.57. The summed E-state index contributed by atoms with van der Waals surface area (Å²) in [5.74, 6) is 0. The Hall–Kier alpha value is 0.980. The Bertz CT molecular complexity index is 225. The van der Waals surface area contributed by atoms with E-state index in [1.165, 1.54) is 0 Å². The molecule has 0 amide bonds. The van der Waals surface area contributed by atoms with Crippen molar-refractivity contribution in [1.29, 1.82) is 0 Å². The van der Waals surface area contributed by atoms with Crippen molar-refractivity contribution in [2.45, 2.75) is 9.58 Å². The van der Waals surface area contributed by atoms with Crippen LogP contribution in [0.4, 0.5) is 0 Å².